The van der Waals surface area contributed by atoms with Crippen LogP contribution in [0.3, 0.4) is 0 Å². The van der Waals surface area contributed by atoms with E-state index in [2.05, 4.69) is 44.5 Å². The number of allylic oxidation sites excluding steroid dienone is 1. The standard InChI is InChI=1S/C17H21NO/c1-6-13-15-14-12(9-18-13)8-7-11(2)16(14,3)10-17(15,4)19-5/h6-9,11H,1,10H2,2-5H3/t11-,16?,17?/m1/s1. The zero-order valence-electron chi connectivity index (χ0n) is 12.2. The second-order valence-corrected chi connectivity index (χ2v) is 6.23. The van der Waals surface area contributed by atoms with Crippen LogP contribution in [0.2, 0.25) is 0 Å². The molecule has 0 bridgehead atoms. The van der Waals surface area contributed by atoms with Gasteiger partial charge in [0.05, 0.1) is 11.3 Å². The van der Waals surface area contributed by atoms with E-state index in [0.717, 1.165) is 12.1 Å². The Morgan fingerprint density at radius 2 is 2.16 bits per heavy atom. The number of ether oxygens (including phenoxy) is 1. The number of hydrogen-bond donors (Lipinski definition) is 0. The molecule has 0 saturated heterocycles. The van der Waals surface area contributed by atoms with Crippen molar-refractivity contribution in [1.82, 2.24) is 4.98 Å². The first-order valence-corrected chi connectivity index (χ1v) is 6.86. The molecule has 1 aromatic heterocycles. The lowest BCUT2D eigenvalue weighted by atomic mass is 9.69. The molecule has 3 atom stereocenters. The summed E-state index contributed by atoms with van der Waals surface area (Å²) in [4.78, 5) is 4.56. The van der Waals surface area contributed by atoms with Crippen molar-refractivity contribution < 1.29 is 4.74 Å². The first-order valence-electron chi connectivity index (χ1n) is 6.86. The summed E-state index contributed by atoms with van der Waals surface area (Å²) in [6.45, 7) is 10.7. The minimum absolute atomic E-state index is 0.130. The molecule has 2 nitrogen and oxygen atoms in total. The van der Waals surface area contributed by atoms with Crippen molar-refractivity contribution in [2.24, 2.45) is 5.92 Å². The summed E-state index contributed by atoms with van der Waals surface area (Å²) in [5.74, 6) is 0.510. The molecule has 0 fully saturated rings. The van der Waals surface area contributed by atoms with Crippen molar-refractivity contribution in [3.8, 4) is 0 Å². The van der Waals surface area contributed by atoms with E-state index >= 15 is 0 Å². The zero-order chi connectivity index (χ0) is 13.8. The molecule has 0 spiro atoms. The maximum Gasteiger partial charge on any atom is 0.0932 e. The van der Waals surface area contributed by atoms with E-state index < -0.39 is 0 Å². The molecule has 2 heteroatoms. The first kappa shape index (κ1) is 12.6. The Bertz CT molecular complexity index is 589. The second kappa shape index (κ2) is 3.80. The predicted octanol–water partition coefficient (Wildman–Crippen LogP) is 3.91. The Balaban J connectivity index is 2.39. The van der Waals surface area contributed by atoms with Gasteiger partial charge >= 0.3 is 0 Å². The normalized spacial score (nSPS) is 35.3. The van der Waals surface area contributed by atoms with Gasteiger partial charge in [-0.3, -0.25) is 4.98 Å². The monoisotopic (exact) mass is 255 g/mol. The largest absolute Gasteiger partial charge is 0.374 e. The van der Waals surface area contributed by atoms with E-state index in [-0.39, 0.29) is 11.0 Å². The van der Waals surface area contributed by atoms with Gasteiger partial charge in [0.2, 0.25) is 0 Å². The molecule has 0 amide bonds. The lowest BCUT2D eigenvalue weighted by Gasteiger charge is -2.35. The molecule has 100 valence electrons. The van der Waals surface area contributed by atoms with Crippen molar-refractivity contribution in [2.45, 2.75) is 38.2 Å². The summed E-state index contributed by atoms with van der Waals surface area (Å²) >= 11 is 0. The van der Waals surface area contributed by atoms with Crippen molar-refractivity contribution >= 4 is 12.2 Å². The highest BCUT2D eigenvalue weighted by atomic mass is 16.5. The molecule has 2 aliphatic carbocycles. The summed E-state index contributed by atoms with van der Waals surface area (Å²) in [5.41, 5.74) is 4.72. The molecule has 0 saturated carbocycles. The molecular formula is C17H21NO. The van der Waals surface area contributed by atoms with Crippen molar-refractivity contribution in [1.29, 1.82) is 0 Å². The SMILES string of the molecule is C=Cc1ncc2c3c1C(C)(OC)CC3(C)[C@H](C)C=C2. The van der Waals surface area contributed by atoms with E-state index in [1.807, 2.05) is 12.3 Å². The molecule has 0 N–H and O–H groups in total. The molecule has 2 aliphatic rings. The molecule has 3 rings (SSSR count). The highest BCUT2D eigenvalue weighted by Gasteiger charge is 2.52. The lowest BCUT2D eigenvalue weighted by Crippen LogP contribution is -2.32. The molecule has 1 aromatic rings. The fraction of sp³-hybridized carbons (Fsp3) is 0.471. The van der Waals surface area contributed by atoms with Crippen LogP contribution >= 0.6 is 0 Å². The van der Waals surface area contributed by atoms with E-state index in [4.69, 9.17) is 4.74 Å². The van der Waals surface area contributed by atoms with Gasteiger partial charge in [0.25, 0.3) is 0 Å². The van der Waals surface area contributed by atoms with Crippen LogP contribution in [-0.4, -0.2) is 12.1 Å². The molecule has 0 radical (unpaired) electrons. The van der Waals surface area contributed by atoms with Crippen LogP contribution in [0.15, 0.2) is 18.9 Å². The van der Waals surface area contributed by atoms with Gasteiger partial charge in [-0.05, 0) is 36.5 Å². The van der Waals surface area contributed by atoms with Crippen LogP contribution in [0.4, 0.5) is 0 Å². The smallest absolute Gasteiger partial charge is 0.0932 e. The van der Waals surface area contributed by atoms with Crippen molar-refractivity contribution in [3.63, 3.8) is 0 Å². The first-order chi connectivity index (χ1) is 8.96. The van der Waals surface area contributed by atoms with Gasteiger partial charge in [-0.2, -0.15) is 0 Å². The van der Waals surface area contributed by atoms with E-state index in [1.165, 1.54) is 16.7 Å². The molecule has 0 aromatic carbocycles. The zero-order valence-corrected chi connectivity index (χ0v) is 12.2. The Morgan fingerprint density at radius 3 is 2.79 bits per heavy atom. The Morgan fingerprint density at radius 1 is 1.42 bits per heavy atom. The van der Waals surface area contributed by atoms with Gasteiger partial charge in [0.1, 0.15) is 0 Å². The molecular weight excluding hydrogens is 234 g/mol. The van der Waals surface area contributed by atoms with Crippen LogP contribution in [-0.2, 0) is 15.8 Å². The molecule has 1 heterocycles. The summed E-state index contributed by atoms with van der Waals surface area (Å²) in [5, 5.41) is 0. The van der Waals surface area contributed by atoms with E-state index in [9.17, 15) is 0 Å². The van der Waals surface area contributed by atoms with Crippen molar-refractivity contribution in [3.05, 3.63) is 41.2 Å². The second-order valence-electron chi connectivity index (χ2n) is 6.23. The van der Waals surface area contributed by atoms with Crippen LogP contribution < -0.4 is 0 Å². The van der Waals surface area contributed by atoms with Gasteiger partial charge in [-0.15, -0.1) is 0 Å². The maximum atomic E-state index is 5.88. The fourth-order valence-corrected chi connectivity index (χ4v) is 3.87. The quantitative estimate of drug-likeness (QED) is 0.799. The van der Waals surface area contributed by atoms with Gasteiger partial charge in [0.15, 0.2) is 0 Å². The third kappa shape index (κ3) is 1.44. The van der Waals surface area contributed by atoms with Gasteiger partial charge in [0, 0.05) is 24.3 Å². The van der Waals surface area contributed by atoms with E-state index in [0.29, 0.717) is 5.92 Å². The fourth-order valence-electron chi connectivity index (χ4n) is 3.87. The summed E-state index contributed by atoms with van der Waals surface area (Å²) in [7, 11) is 1.80. The predicted molar refractivity (Wildman–Crippen MR) is 78.9 cm³/mol. The van der Waals surface area contributed by atoms with Crippen LogP contribution in [0.5, 0.6) is 0 Å². The number of methoxy groups -OCH3 is 1. The average Bonchev–Trinajstić information content (AvgIpc) is 2.67. The minimum atomic E-state index is -0.267. The van der Waals surface area contributed by atoms with Crippen molar-refractivity contribution in [2.75, 3.05) is 7.11 Å². The Hall–Kier alpha value is -1.41. The van der Waals surface area contributed by atoms with E-state index in [1.54, 1.807) is 7.11 Å². The number of nitrogens with zero attached hydrogens (tertiary/aromatic N) is 1. The topological polar surface area (TPSA) is 22.1 Å². The number of aromatic nitrogens is 1. The Kier molecular flexibility index (Phi) is 2.52. The van der Waals surface area contributed by atoms with Crippen LogP contribution in [0.1, 0.15) is 49.6 Å². The number of rotatable bonds is 2. The summed E-state index contributed by atoms with van der Waals surface area (Å²) < 4.78 is 5.88. The molecule has 2 unspecified atom stereocenters. The third-order valence-electron chi connectivity index (χ3n) is 5.16. The summed E-state index contributed by atoms with van der Waals surface area (Å²) in [6.07, 6.45) is 9.31. The summed E-state index contributed by atoms with van der Waals surface area (Å²) in [6, 6.07) is 0. The highest BCUT2D eigenvalue weighted by Crippen LogP contribution is 2.57. The molecule has 0 aliphatic heterocycles. The van der Waals surface area contributed by atoms with Gasteiger partial charge < -0.3 is 4.74 Å². The maximum absolute atomic E-state index is 5.88. The van der Waals surface area contributed by atoms with Gasteiger partial charge in [-0.1, -0.05) is 32.6 Å². The van der Waals surface area contributed by atoms with Crippen LogP contribution in [0, 0.1) is 5.92 Å². The minimum Gasteiger partial charge on any atom is -0.374 e. The average molecular weight is 255 g/mol. The Labute approximate surface area is 115 Å². The number of hydrogen-bond acceptors (Lipinski definition) is 2. The highest BCUT2D eigenvalue weighted by molar-refractivity contribution is 5.68. The van der Waals surface area contributed by atoms with Gasteiger partial charge in [-0.25, -0.2) is 0 Å². The van der Waals surface area contributed by atoms with Crippen LogP contribution in [0.25, 0.3) is 12.2 Å². The third-order valence-corrected chi connectivity index (χ3v) is 5.16. The lowest BCUT2D eigenvalue weighted by molar-refractivity contribution is -0.0116. The molecule has 19 heavy (non-hydrogen) atoms. The number of pyridine rings is 1.